The molecule has 0 radical (unpaired) electrons. The number of nitrogens with one attached hydrogen (secondary N) is 1. The summed E-state index contributed by atoms with van der Waals surface area (Å²) < 4.78 is 36.2. The Morgan fingerprint density at radius 3 is 2.56 bits per heavy atom. The third-order valence-electron chi connectivity index (χ3n) is 5.81. The van der Waals surface area contributed by atoms with Crippen molar-refractivity contribution in [1.29, 1.82) is 0 Å². The first-order valence-electron chi connectivity index (χ1n) is 11.1. The molecule has 4 rings (SSSR count). The van der Waals surface area contributed by atoms with E-state index in [2.05, 4.69) is 9.71 Å². The van der Waals surface area contributed by atoms with Gasteiger partial charge in [0.05, 0.1) is 23.7 Å². The highest BCUT2D eigenvalue weighted by atomic mass is 32.2. The van der Waals surface area contributed by atoms with Crippen LogP contribution >= 0.6 is 0 Å². The van der Waals surface area contributed by atoms with Crippen molar-refractivity contribution in [3.63, 3.8) is 0 Å². The molecule has 1 aliphatic carbocycles. The highest BCUT2D eigenvalue weighted by molar-refractivity contribution is 7.89. The summed E-state index contributed by atoms with van der Waals surface area (Å²) >= 11 is 0. The smallest absolute Gasteiger partial charge is 0.240 e. The zero-order valence-electron chi connectivity index (χ0n) is 18.9. The van der Waals surface area contributed by atoms with Gasteiger partial charge in [-0.2, -0.15) is 5.10 Å². The van der Waals surface area contributed by atoms with Crippen molar-refractivity contribution < 1.29 is 13.2 Å². The van der Waals surface area contributed by atoms with E-state index >= 15 is 0 Å². The SMILES string of the molecule is CCOc1c(C)cc(S(=O)(=O)NCCn2nc(-c3ccccn3)c3c2CCCC3)cc1C. The van der Waals surface area contributed by atoms with Crippen molar-refractivity contribution >= 4 is 10.0 Å². The minimum absolute atomic E-state index is 0.257. The van der Waals surface area contributed by atoms with Gasteiger partial charge >= 0.3 is 0 Å². The molecule has 170 valence electrons. The van der Waals surface area contributed by atoms with Crippen molar-refractivity contribution in [3.8, 4) is 17.1 Å². The van der Waals surface area contributed by atoms with Gasteiger partial charge < -0.3 is 4.74 Å². The monoisotopic (exact) mass is 454 g/mol. The molecule has 1 N–H and O–H groups in total. The van der Waals surface area contributed by atoms with Crippen LogP contribution in [-0.4, -0.2) is 36.3 Å². The van der Waals surface area contributed by atoms with E-state index in [0.717, 1.165) is 53.9 Å². The van der Waals surface area contributed by atoms with Gasteiger partial charge in [0.1, 0.15) is 11.4 Å². The number of rotatable bonds is 8. The molecule has 0 saturated carbocycles. The highest BCUT2D eigenvalue weighted by Crippen LogP contribution is 2.30. The molecule has 0 fully saturated rings. The zero-order valence-corrected chi connectivity index (χ0v) is 19.7. The lowest BCUT2D eigenvalue weighted by atomic mass is 9.95. The van der Waals surface area contributed by atoms with Crippen LogP contribution in [-0.2, 0) is 29.4 Å². The van der Waals surface area contributed by atoms with E-state index in [1.54, 1.807) is 18.3 Å². The maximum atomic E-state index is 12.9. The van der Waals surface area contributed by atoms with Crippen LogP contribution in [0.1, 0.15) is 42.1 Å². The quantitative estimate of drug-likeness (QED) is 0.559. The van der Waals surface area contributed by atoms with Crippen molar-refractivity contribution in [2.75, 3.05) is 13.2 Å². The van der Waals surface area contributed by atoms with Gasteiger partial charge in [-0.25, -0.2) is 13.1 Å². The maximum absolute atomic E-state index is 12.9. The molecule has 8 heteroatoms. The molecule has 32 heavy (non-hydrogen) atoms. The van der Waals surface area contributed by atoms with Gasteiger partial charge in [0.25, 0.3) is 0 Å². The van der Waals surface area contributed by atoms with Crippen LogP contribution in [0.25, 0.3) is 11.4 Å². The molecule has 0 unspecified atom stereocenters. The highest BCUT2D eigenvalue weighted by Gasteiger charge is 2.23. The first-order chi connectivity index (χ1) is 15.4. The number of aryl methyl sites for hydroxylation is 2. The number of benzene rings is 1. The molecule has 0 amide bonds. The number of ether oxygens (including phenoxy) is 1. The van der Waals surface area contributed by atoms with Gasteiger partial charge in [-0.05, 0) is 81.8 Å². The van der Waals surface area contributed by atoms with Crippen molar-refractivity contribution in [1.82, 2.24) is 19.5 Å². The van der Waals surface area contributed by atoms with Crippen LogP contribution in [0.3, 0.4) is 0 Å². The average molecular weight is 455 g/mol. The second kappa shape index (κ2) is 9.42. The molecule has 2 heterocycles. The van der Waals surface area contributed by atoms with E-state index in [0.29, 0.717) is 13.2 Å². The average Bonchev–Trinajstić information content (AvgIpc) is 3.15. The van der Waals surface area contributed by atoms with Crippen LogP contribution in [0, 0.1) is 13.8 Å². The number of hydrogen-bond acceptors (Lipinski definition) is 5. The van der Waals surface area contributed by atoms with Crippen molar-refractivity contribution in [3.05, 3.63) is 58.9 Å². The van der Waals surface area contributed by atoms with Gasteiger partial charge in [-0.1, -0.05) is 6.07 Å². The summed E-state index contributed by atoms with van der Waals surface area (Å²) in [4.78, 5) is 4.73. The number of hydrogen-bond donors (Lipinski definition) is 1. The van der Waals surface area contributed by atoms with E-state index in [-0.39, 0.29) is 11.4 Å². The Kier molecular flexibility index (Phi) is 6.62. The topological polar surface area (TPSA) is 86.1 Å². The molecule has 0 saturated heterocycles. The van der Waals surface area contributed by atoms with Crippen LogP contribution in [0.5, 0.6) is 5.75 Å². The molecule has 1 aromatic carbocycles. The Hall–Kier alpha value is -2.71. The van der Waals surface area contributed by atoms with Crippen LogP contribution in [0.4, 0.5) is 0 Å². The lowest BCUT2D eigenvalue weighted by Crippen LogP contribution is -2.28. The predicted molar refractivity (Wildman–Crippen MR) is 124 cm³/mol. The van der Waals surface area contributed by atoms with Gasteiger partial charge in [0.15, 0.2) is 0 Å². The molecule has 3 aromatic rings. The third-order valence-corrected chi connectivity index (χ3v) is 7.25. The van der Waals surface area contributed by atoms with Crippen molar-refractivity contribution in [2.24, 2.45) is 0 Å². The molecular formula is C24H30N4O3S. The van der Waals surface area contributed by atoms with Gasteiger partial charge in [-0.3, -0.25) is 9.67 Å². The van der Waals surface area contributed by atoms with Crippen LogP contribution in [0.15, 0.2) is 41.4 Å². The standard InChI is InChI=1S/C24H30N4O3S/c1-4-31-24-17(2)15-19(16-18(24)3)32(29,30)26-13-14-28-22-11-6-5-9-20(22)23(27-28)21-10-7-8-12-25-21/h7-8,10,12,15-16,26H,4-6,9,11,13-14H2,1-3H3. The van der Waals surface area contributed by atoms with Gasteiger partial charge in [0, 0.05) is 24.0 Å². The summed E-state index contributed by atoms with van der Waals surface area (Å²) in [5, 5.41) is 4.82. The Labute approximate surface area is 189 Å². The summed E-state index contributed by atoms with van der Waals surface area (Å²) in [5.41, 5.74) is 5.85. The van der Waals surface area contributed by atoms with Gasteiger partial charge in [0.2, 0.25) is 10.0 Å². The Balaban J connectivity index is 1.52. The minimum atomic E-state index is -3.63. The van der Waals surface area contributed by atoms with Crippen LogP contribution in [0.2, 0.25) is 0 Å². The molecule has 0 aliphatic heterocycles. The molecule has 2 aromatic heterocycles. The van der Waals surface area contributed by atoms with E-state index in [4.69, 9.17) is 9.84 Å². The Morgan fingerprint density at radius 1 is 1.12 bits per heavy atom. The second-order valence-corrected chi connectivity index (χ2v) is 9.90. The fraction of sp³-hybridized carbons (Fsp3) is 0.417. The maximum Gasteiger partial charge on any atom is 0.240 e. The molecular weight excluding hydrogens is 424 g/mol. The summed E-state index contributed by atoms with van der Waals surface area (Å²) in [6.07, 6.45) is 5.98. The number of nitrogens with zero attached hydrogens (tertiary/aromatic N) is 3. The number of aromatic nitrogens is 3. The number of pyridine rings is 1. The molecule has 1 aliphatic rings. The predicted octanol–water partition coefficient (Wildman–Crippen LogP) is 3.82. The molecule has 0 spiro atoms. The zero-order chi connectivity index (χ0) is 22.7. The van der Waals surface area contributed by atoms with Crippen molar-refractivity contribution in [2.45, 2.75) is 57.9 Å². The number of sulfonamides is 1. The first-order valence-corrected chi connectivity index (χ1v) is 12.6. The largest absolute Gasteiger partial charge is 0.493 e. The summed E-state index contributed by atoms with van der Waals surface area (Å²) in [7, 11) is -3.63. The van der Waals surface area contributed by atoms with Crippen LogP contribution < -0.4 is 9.46 Å². The summed E-state index contributed by atoms with van der Waals surface area (Å²) in [5.74, 6) is 0.747. The Bertz CT molecular complexity index is 1180. The third kappa shape index (κ3) is 4.56. The fourth-order valence-electron chi connectivity index (χ4n) is 4.37. The van der Waals surface area contributed by atoms with Gasteiger partial charge in [-0.15, -0.1) is 0 Å². The Morgan fingerprint density at radius 2 is 1.88 bits per heavy atom. The molecule has 7 nitrogen and oxygen atoms in total. The molecule has 0 atom stereocenters. The van der Waals surface area contributed by atoms with E-state index in [9.17, 15) is 8.42 Å². The normalized spacial score (nSPS) is 13.7. The number of fused-ring (bicyclic) bond motifs is 1. The lowest BCUT2D eigenvalue weighted by Gasteiger charge is -2.15. The summed E-state index contributed by atoms with van der Waals surface area (Å²) in [6.45, 7) is 6.93. The molecule has 0 bridgehead atoms. The van der Waals surface area contributed by atoms with E-state index in [1.165, 1.54) is 11.3 Å². The fourth-order valence-corrected chi connectivity index (χ4v) is 5.56. The summed E-state index contributed by atoms with van der Waals surface area (Å²) in [6, 6.07) is 9.16. The second-order valence-electron chi connectivity index (χ2n) is 8.14. The van der Waals surface area contributed by atoms with E-state index < -0.39 is 10.0 Å². The minimum Gasteiger partial charge on any atom is -0.493 e. The van der Waals surface area contributed by atoms with E-state index in [1.807, 2.05) is 43.7 Å². The lowest BCUT2D eigenvalue weighted by molar-refractivity contribution is 0.335. The first kappa shape index (κ1) is 22.5.